The SMILES string of the molecule is CCC(C)(S)NC(=O)c1c(Br)cccc1C(=O)O. The molecule has 1 aromatic rings. The second-order valence-electron chi connectivity index (χ2n) is 4.05. The van der Waals surface area contributed by atoms with E-state index in [1.165, 1.54) is 6.07 Å². The minimum atomic E-state index is -1.14. The van der Waals surface area contributed by atoms with Crippen LogP contribution in [-0.4, -0.2) is 21.9 Å². The zero-order valence-electron chi connectivity index (χ0n) is 10.0. The number of carboxylic acids is 1. The van der Waals surface area contributed by atoms with Gasteiger partial charge in [0, 0.05) is 4.47 Å². The van der Waals surface area contributed by atoms with Crippen molar-refractivity contribution in [3.63, 3.8) is 0 Å². The summed E-state index contributed by atoms with van der Waals surface area (Å²) in [6.07, 6.45) is 0.620. The zero-order chi connectivity index (χ0) is 13.9. The van der Waals surface area contributed by atoms with Crippen molar-refractivity contribution in [1.29, 1.82) is 0 Å². The molecule has 6 heteroatoms. The van der Waals surface area contributed by atoms with Crippen LogP contribution < -0.4 is 5.32 Å². The molecule has 0 aromatic heterocycles. The van der Waals surface area contributed by atoms with Crippen LogP contribution in [0.25, 0.3) is 0 Å². The molecule has 0 radical (unpaired) electrons. The minimum Gasteiger partial charge on any atom is -0.478 e. The van der Waals surface area contributed by atoms with E-state index in [0.717, 1.165) is 0 Å². The highest BCUT2D eigenvalue weighted by molar-refractivity contribution is 9.10. The van der Waals surface area contributed by atoms with Gasteiger partial charge >= 0.3 is 5.97 Å². The largest absolute Gasteiger partial charge is 0.478 e. The lowest BCUT2D eigenvalue weighted by Crippen LogP contribution is -2.41. The summed E-state index contributed by atoms with van der Waals surface area (Å²) in [6.45, 7) is 3.64. The predicted octanol–water partition coefficient (Wildman–Crippen LogP) is 2.93. The molecule has 18 heavy (non-hydrogen) atoms. The molecular formula is C12H14BrNO3S. The number of carbonyl (C=O) groups is 2. The van der Waals surface area contributed by atoms with Gasteiger partial charge in [0.25, 0.3) is 5.91 Å². The number of amides is 1. The summed E-state index contributed by atoms with van der Waals surface area (Å²) in [6, 6.07) is 4.59. The predicted molar refractivity (Wildman–Crippen MR) is 76.2 cm³/mol. The molecule has 0 fully saturated rings. The van der Waals surface area contributed by atoms with E-state index >= 15 is 0 Å². The van der Waals surface area contributed by atoms with Crippen molar-refractivity contribution in [2.45, 2.75) is 25.1 Å². The minimum absolute atomic E-state index is 0.0397. The van der Waals surface area contributed by atoms with Crippen molar-refractivity contribution < 1.29 is 14.7 Å². The van der Waals surface area contributed by atoms with Gasteiger partial charge in [-0.2, -0.15) is 12.6 Å². The molecule has 0 aliphatic heterocycles. The number of halogens is 1. The topological polar surface area (TPSA) is 66.4 Å². The Morgan fingerprint density at radius 1 is 1.50 bits per heavy atom. The molecule has 2 N–H and O–H groups in total. The summed E-state index contributed by atoms with van der Waals surface area (Å²) in [5, 5.41) is 11.8. The van der Waals surface area contributed by atoms with Crippen LogP contribution in [0.3, 0.4) is 0 Å². The van der Waals surface area contributed by atoms with Crippen molar-refractivity contribution in [3.8, 4) is 0 Å². The molecule has 4 nitrogen and oxygen atoms in total. The molecule has 0 aliphatic carbocycles. The number of aromatic carboxylic acids is 1. The number of rotatable bonds is 4. The lowest BCUT2D eigenvalue weighted by atomic mass is 10.1. The number of thiol groups is 1. The van der Waals surface area contributed by atoms with Crippen molar-refractivity contribution in [2.75, 3.05) is 0 Å². The maximum atomic E-state index is 12.1. The van der Waals surface area contributed by atoms with Crippen LogP contribution in [0.1, 0.15) is 41.0 Å². The summed E-state index contributed by atoms with van der Waals surface area (Å²) in [5.74, 6) is -1.60. The van der Waals surface area contributed by atoms with Crippen LogP contribution in [0.5, 0.6) is 0 Å². The Hall–Kier alpha value is -1.01. The highest BCUT2D eigenvalue weighted by Gasteiger charge is 2.25. The third-order valence-electron chi connectivity index (χ3n) is 2.54. The lowest BCUT2D eigenvalue weighted by molar-refractivity contribution is 0.0690. The normalized spacial score (nSPS) is 13.8. The fraction of sp³-hybridized carbons (Fsp3) is 0.333. The van der Waals surface area contributed by atoms with Gasteiger partial charge in [0.05, 0.1) is 16.0 Å². The van der Waals surface area contributed by atoms with Crippen LogP contribution in [-0.2, 0) is 0 Å². The average Bonchev–Trinajstić information content (AvgIpc) is 2.27. The molecule has 0 aliphatic rings. The van der Waals surface area contributed by atoms with Gasteiger partial charge in [-0.1, -0.05) is 13.0 Å². The van der Waals surface area contributed by atoms with Crippen molar-refractivity contribution in [1.82, 2.24) is 5.32 Å². The van der Waals surface area contributed by atoms with Crippen molar-refractivity contribution in [2.24, 2.45) is 0 Å². The molecule has 1 unspecified atom stereocenters. The molecule has 98 valence electrons. The molecule has 1 atom stereocenters. The Morgan fingerprint density at radius 3 is 2.61 bits per heavy atom. The Bertz CT molecular complexity index is 488. The molecule has 1 amide bonds. The standard InChI is InChI=1S/C12H14BrNO3S/c1-3-12(2,18)14-10(15)9-7(11(16)17)5-4-6-8(9)13/h4-6,18H,3H2,1-2H3,(H,14,15)(H,16,17). The Morgan fingerprint density at radius 2 is 2.11 bits per heavy atom. The fourth-order valence-electron chi connectivity index (χ4n) is 1.33. The first kappa shape index (κ1) is 15.0. The van der Waals surface area contributed by atoms with Gasteiger partial charge in [-0.05, 0) is 41.4 Å². The summed E-state index contributed by atoms with van der Waals surface area (Å²) < 4.78 is 0.445. The van der Waals surface area contributed by atoms with Crippen LogP contribution in [0, 0.1) is 0 Å². The van der Waals surface area contributed by atoms with E-state index in [1.807, 2.05) is 6.92 Å². The third kappa shape index (κ3) is 3.49. The van der Waals surface area contributed by atoms with Crippen molar-refractivity contribution in [3.05, 3.63) is 33.8 Å². The maximum Gasteiger partial charge on any atom is 0.336 e. The van der Waals surface area contributed by atoms with Gasteiger partial charge in [0.15, 0.2) is 0 Å². The van der Waals surface area contributed by atoms with E-state index in [4.69, 9.17) is 5.11 Å². The monoisotopic (exact) mass is 331 g/mol. The number of carboxylic acid groups (broad SMARTS) is 1. The first-order valence-electron chi connectivity index (χ1n) is 5.35. The molecule has 0 saturated carbocycles. The highest BCUT2D eigenvalue weighted by atomic mass is 79.9. The maximum absolute atomic E-state index is 12.1. The Labute approximate surface area is 119 Å². The van der Waals surface area contributed by atoms with Gasteiger partial charge in [-0.15, -0.1) is 0 Å². The molecule has 0 spiro atoms. The quantitative estimate of drug-likeness (QED) is 0.587. The van der Waals surface area contributed by atoms with Crippen LogP contribution in [0.15, 0.2) is 22.7 Å². The van der Waals surface area contributed by atoms with Gasteiger partial charge in [-0.25, -0.2) is 4.79 Å². The smallest absolute Gasteiger partial charge is 0.336 e. The van der Waals surface area contributed by atoms with Gasteiger partial charge in [-0.3, -0.25) is 4.79 Å². The summed E-state index contributed by atoms with van der Waals surface area (Å²) in [7, 11) is 0. The van der Waals surface area contributed by atoms with E-state index in [9.17, 15) is 9.59 Å². The van der Waals surface area contributed by atoms with E-state index in [-0.39, 0.29) is 11.1 Å². The number of hydrogen-bond donors (Lipinski definition) is 3. The highest BCUT2D eigenvalue weighted by Crippen LogP contribution is 2.23. The first-order chi connectivity index (χ1) is 8.28. The molecule has 1 rings (SSSR count). The third-order valence-corrected chi connectivity index (χ3v) is 3.63. The summed E-state index contributed by atoms with van der Waals surface area (Å²) in [5.41, 5.74) is 0.0702. The van der Waals surface area contributed by atoms with Gasteiger partial charge in [0.1, 0.15) is 0 Å². The van der Waals surface area contributed by atoms with Gasteiger partial charge in [0.2, 0.25) is 0 Å². The number of nitrogens with one attached hydrogen (secondary N) is 1. The first-order valence-corrected chi connectivity index (χ1v) is 6.59. The average molecular weight is 332 g/mol. The molecule has 0 heterocycles. The summed E-state index contributed by atoms with van der Waals surface area (Å²) in [4.78, 5) is 22.5. The van der Waals surface area contributed by atoms with E-state index in [1.54, 1.807) is 19.1 Å². The number of hydrogen-bond acceptors (Lipinski definition) is 3. The Balaban J connectivity index is 3.17. The zero-order valence-corrected chi connectivity index (χ0v) is 12.5. The second kappa shape index (κ2) is 5.75. The van der Waals surface area contributed by atoms with E-state index in [0.29, 0.717) is 10.9 Å². The number of benzene rings is 1. The van der Waals surface area contributed by atoms with Crippen molar-refractivity contribution >= 4 is 40.4 Å². The Kier molecular flexibility index (Phi) is 4.81. The van der Waals surface area contributed by atoms with Crippen LogP contribution >= 0.6 is 28.6 Å². The fourth-order valence-corrected chi connectivity index (χ4v) is 1.98. The van der Waals surface area contributed by atoms with E-state index in [2.05, 4.69) is 33.9 Å². The molecule has 1 aromatic carbocycles. The lowest BCUT2D eigenvalue weighted by Gasteiger charge is -2.24. The van der Waals surface area contributed by atoms with E-state index < -0.39 is 16.7 Å². The number of carbonyl (C=O) groups excluding carboxylic acids is 1. The molecule has 0 bridgehead atoms. The van der Waals surface area contributed by atoms with Crippen LogP contribution in [0.2, 0.25) is 0 Å². The van der Waals surface area contributed by atoms with Gasteiger partial charge < -0.3 is 10.4 Å². The molecule has 0 saturated heterocycles. The summed E-state index contributed by atoms with van der Waals surface area (Å²) >= 11 is 7.50. The molecular weight excluding hydrogens is 318 g/mol. The second-order valence-corrected chi connectivity index (χ2v) is 5.89. The van der Waals surface area contributed by atoms with Crippen LogP contribution in [0.4, 0.5) is 0 Å².